The summed E-state index contributed by atoms with van der Waals surface area (Å²) in [5.74, 6) is 0.999. The number of benzene rings is 1. The van der Waals surface area contributed by atoms with Crippen LogP contribution in [0.1, 0.15) is 12.5 Å². The molecule has 1 aromatic heterocycles. The number of nitrogens with zero attached hydrogens (tertiary/aromatic N) is 5. The van der Waals surface area contributed by atoms with Crippen LogP contribution in [0.15, 0.2) is 48.7 Å². The molecule has 0 bridgehead atoms. The Kier molecular flexibility index (Phi) is 5.86. The van der Waals surface area contributed by atoms with E-state index in [9.17, 15) is 0 Å². The molecule has 130 valence electrons. The second-order valence-electron chi connectivity index (χ2n) is 6.27. The van der Waals surface area contributed by atoms with Gasteiger partial charge in [0, 0.05) is 45.5 Å². The largest absolute Gasteiger partial charge is 0.355 e. The van der Waals surface area contributed by atoms with E-state index in [0.717, 1.165) is 50.8 Å². The quantitative estimate of drug-likeness (QED) is 0.760. The standard InChI is InChI=1S/C20H25N5/c1-2-24(12-10-21)19-9-6-11-22-20(19)25-15-13-23(14-16-25)17-18-7-4-3-5-8-18/h3-9,11H,2,12-17H2,1H3. The number of nitriles is 1. The lowest BCUT2D eigenvalue weighted by molar-refractivity contribution is 0.249. The topological polar surface area (TPSA) is 46.4 Å². The number of aromatic nitrogens is 1. The summed E-state index contributed by atoms with van der Waals surface area (Å²) in [6.07, 6.45) is 1.84. The van der Waals surface area contributed by atoms with Gasteiger partial charge < -0.3 is 9.80 Å². The lowest BCUT2D eigenvalue weighted by Gasteiger charge is -2.37. The van der Waals surface area contributed by atoms with E-state index in [2.05, 4.69) is 69.1 Å². The minimum atomic E-state index is 0.392. The van der Waals surface area contributed by atoms with Crippen molar-refractivity contribution in [2.75, 3.05) is 49.1 Å². The van der Waals surface area contributed by atoms with Crippen LogP contribution in [0.3, 0.4) is 0 Å². The monoisotopic (exact) mass is 335 g/mol. The summed E-state index contributed by atoms with van der Waals surface area (Å²) in [4.78, 5) is 11.5. The number of anilines is 2. The number of rotatable bonds is 6. The zero-order valence-electron chi connectivity index (χ0n) is 14.8. The highest BCUT2D eigenvalue weighted by atomic mass is 15.3. The van der Waals surface area contributed by atoms with E-state index in [-0.39, 0.29) is 0 Å². The van der Waals surface area contributed by atoms with Crippen LogP contribution in [0.2, 0.25) is 0 Å². The zero-order valence-corrected chi connectivity index (χ0v) is 14.8. The lowest BCUT2D eigenvalue weighted by Crippen LogP contribution is -2.46. The van der Waals surface area contributed by atoms with Crippen LogP contribution in [0.4, 0.5) is 11.5 Å². The molecule has 1 fully saturated rings. The molecule has 25 heavy (non-hydrogen) atoms. The molecule has 3 rings (SSSR count). The molecule has 1 aliphatic rings. The third-order valence-electron chi connectivity index (χ3n) is 4.67. The molecule has 0 radical (unpaired) electrons. The maximum Gasteiger partial charge on any atom is 0.152 e. The Hall–Kier alpha value is -2.58. The van der Waals surface area contributed by atoms with Crippen LogP contribution < -0.4 is 9.80 Å². The average molecular weight is 335 g/mol. The Balaban J connectivity index is 1.66. The van der Waals surface area contributed by atoms with Gasteiger partial charge in [0.15, 0.2) is 5.82 Å². The van der Waals surface area contributed by atoms with E-state index in [4.69, 9.17) is 5.26 Å². The molecule has 1 aromatic carbocycles. The highest BCUT2D eigenvalue weighted by Crippen LogP contribution is 2.27. The molecule has 0 spiro atoms. The van der Waals surface area contributed by atoms with Gasteiger partial charge in [0.05, 0.1) is 11.8 Å². The first kappa shape index (κ1) is 17.2. The van der Waals surface area contributed by atoms with E-state index in [1.807, 2.05) is 12.3 Å². The Morgan fingerprint density at radius 1 is 1.08 bits per heavy atom. The zero-order chi connectivity index (χ0) is 17.5. The molecule has 0 aliphatic carbocycles. The third-order valence-corrected chi connectivity index (χ3v) is 4.67. The van der Waals surface area contributed by atoms with Crippen molar-refractivity contribution >= 4 is 11.5 Å². The number of piperazine rings is 1. The van der Waals surface area contributed by atoms with Gasteiger partial charge in [-0.15, -0.1) is 0 Å². The second kappa shape index (κ2) is 8.50. The normalized spacial score (nSPS) is 15.0. The molecule has 0 atom stereocenters. The van der Waals surface area contributed by atoms with Crippen LogP contribution >= 0.6 is 0 Å². The minimum absolute atomic E-state index is 0.392. The SMILES string of the molecule is CCN(CC#N)c1cccnc1N1CCN(Cc2ccccc2)CC1. The average Bonchev–Trinajstić information content (AvgIpc) is 2.68. The first-order valence-electron chi connectivity index (χ1n) is 8.90. The third kappa shape index (κ3) is 4.28. The molecule has 1 aliphatic heterocycles. The Bertz CT molecular complexity index is 702. The van der Waals surface area contributed by atoms with Crippen molar-refractivity contribution < 1.29 is 0 Å². The highest BCUT2D eigenvalue weighted by molar-refractivity contribution is 5.67. The van der Waals surface area contributed by atoms with Gasteiger partial charge in [-0.1, -0.05) is 30.3 Å². The Morgan fingerprint density at radius 2 is 1.84 bits per heavy atom. The Labute approximate surface area is 150 Å². The van der Waals surface area contributed by atoms with Gasteiger partial charge in [0.25, 0.3) is 0 Å². The molecule has 0 N–H and O–H groups in total. The molecular weight excluding hydrogens is 310 g/mol. The lowest BCUT2D eigenvalue weighted by atomic mass is 10.2. The van der Waals surface area contributed by atoms with Crippen molar-refractivity contribution in [3.8, 4) is 6.07 Å². The minimum Gasteiger partial charge on any atom is -0.355 e. The van der Waals surface area contributed by atoms with Crippen molar-refractivity contribution in [1.82, 2.24) is 9.88 Å². The second-order valence-corrected chi connectivity index (χ2v) is 6.27. The van der Waals surface area contributed by atoms with E-state index >= 15 is 0 Å². The fraction of sp³-hybridized carbons (Fsp3) is 0.400. The summed E-state index contributed by atoms with van der Waals surface area (Å²) in [6.45, 7) is 8.24. The Morgan fingerprint density at radius 3 is 2.52 bits per heavy atom. The van der Waals surface area contributed by atoms with E-state index in [1.54, 1.807) is 0 Å². The molecule has 0 amide bonds. The van der Waals surface area contributed by atoms with Crippen LogP contribution in [0.5, 0.6) is 0 Å². The van der Waals surface area contributed by atoms with Crippen molar-refractivity contribution in [2.45, 2.75) is 13.5 Å². The van der Waals surface area contributed by atoms with Crippen molar-refractivity contribution in [3.63, 3.8) is 0 Å². The first-order chi connectivity index (χ1) is 12.3. The number of hydrogen-bond acceptors (Lipinski definition) is 5. The molecular formula is C20H25N5. The molecule has 0 saturated carbocycles. The fourth-order valence-electron chi connectivity index (χ4n) is 3.29. The van der Waals surface area contributed by atoms with Crippen LogP contribution in [-0.2, 0) is 6.54 Å². The van der Waals surface area contributed by atoms with Crippen molar-refractivity contribution in [2.24, 2.45) is 0 Å². The van der Waals surface area contributed by atoms with Crippen LogP contribution in [-0.4, -0.2) is 49.2 Å². The summed E-state index contributed by atoms with van der Waals surface area (Å²) < 4.78 is 0. The molecule has 5 heteroatoms. The molecule has 5 nitrogen and oxygen atoms in total. The summed E-state index contributed by atoms with van der Waals surface area (Å²) in [5.41, 5.74) is 2.42. The van der Waals surface area contributed by atoms with Crippen LogP contribution in [0, 0.1) is 11.3 Å². The highest BCUT2D eigenvalue weighted by Gasteiger charge is 2.21. The summed E-state index contributed by atoms with van der Waals surface area (Å²) in [6, 6.07) is 16.9. The summed E-state index contributed by atoms with van der Waals surface area (Å²) in [5, 5.41) is 9.07. The number of pyridine rings is 1. The van der Waals surface area contributed by atoms with Gasteiger partial charge in [-0.2, -0.15) is 5.26 Å². The molecule has 2 aromatic rings. The predicted molar refractivity (Wildman–Crippen MR) is 102 cm³/mol. The van der Waals surface area contributed by atoms with E-state index in [1.165, 1.54) is 5.56 Å². The number of hydrogen-bond donors (Lipinski definition) is 0. The van der Waals surface area contributed by atoms with Gasteiger partial charge in [-0.3, -0.25) is 4.90 Å². The molecule has 0 unspecified atom stereocenters. The van der Waals surface area contributed by atoms with Gasteiger partial charge in [-0.05, 0) is 24.6 Å². The van der Waals surface area contributed by atoms with Crippen molar-refractivity contribution in [1.29, 1.82) is 5.26 Å². The molecule has 2 heterocycles. The van der Waals surface area contributed by atoms with E-state index in [0.29, 0.717) is 6.54 Å². The van der Waals surface area contributed by atoms with E-state index < -0.39 is 0 Å². The molecule has 1 saturated heterocycles. The van der Waals surface area contributed by atoms with Gasteiger partial charge in [0.2, 0.25) is 0 Å². The van der Waals surface area contributed by atoms with Crippen LogP contribution in [0.25, 0.3) is 0 Å². The smallest absolute Gasteiger partial charge is 0.152 e. The fourth-order valence-corrected chi connectivity index (χ4v) is 3.29. The maximum absolute atomic E-state index is 9.07. The van der Waals surface area contributed by atoms with Gasteiger partial charge in [-0.25, -0.2) is 4.98 Å². The van der Waals surface area contributed by atoms with Gasteiger partial charge in [0.1, 0.15) is 6.54 Å². The first-order valence-corrected chi connectivity index (χ1v) is 8.90. The van der Waals surface area contributed by atoms with Gasteiger partial charge >= 0.3 is 0 Å². The summed E-state index contributed by atoms with van der Waals surface area (Å²) in [7, 11) is 0. The predicted octanol–water partition coefficient (Wildman–Crippen LogP) is 2.75. The van der Waals surface area contributed by atoms with Crippen molar-refractivity contribution in [3.05, 3.63) is 54.2 Å². The summed E-state index contributed by atoms with van der Waals surface area (Å²) >= 11 is 0. The maximum atomic E-state index is 9.07.